The van der Waals surface area contributed by atoms with Crippen molar-refractivity contribution in [3.8, 4) is 11.5 Å². The first-order valence-corrected chi connectivity index (χ1v) is 11.2. The highest BCUT2D eigenvalue weighted by Gasteiger charge is 2.26. The Balaban J connectivity index is 1.46. The van der Waals surface area contributed by atoms with Crippen LogP contribution in [-0.2, 0) is 16.0 Å². The predicted octanol–water partition coefficient (Wildman–Crippen LogP) is 5.37. The Bertz CT molecular complexity index is 1170. The average Bonchev–Trinajstić information content (AvgIpc) is 2.81. The molecule has 1 N–H and O–H groups in total. The maximum atomic E-state index is 12.7. The highest BCUT2D eigenvalue weighted by molar-refractivity contribution is 6.35. The molecule has 1 unspecified atom stereocenters. The Morgan fingerprint density at radius 2 is 1.91 bits per heavy atom. The number of rotatable bonds is 7. The van der Waals surface area contributed by atoms with Crippen molar-refractivity contribution in [3.05, 3.63) is 82.3 Å². The van der Waals surface area contributed by atoms with Gasteiger partial charge in [-0.25, -0.2) is 0 Å². The van der Waals surface area contributed by atoms with E-state index >= 15 is 0 Å². The van der Waals surface area contributed by atoms with Crippen LogP contribution in [0.3, 0.4) is 0 Å². The van der Waals surface area contributed by atoms with Crippen LogP contribution < -0.4 is 19.7 Å². The minimum absolute atomic E-state index is 0.0137. The summed E-state index contributed by atoms with van der Waals surface area (Å²) in [6, 6.07) is 20.0. The van der Waals surface area contributed by atoms with Gasteiger partial charge in [0.25, 0.3) is 11.8 Å². The quantitative estimate of drug-likeness (QED) is 0.489. The molecule has 1 aliphatic rings. The number of ether oxygens (including phenoxy) is 2. The van der Waals surface area contributed by atoms with E-state index in [4.69, 9.17) is 32.7 Å². The van der Waals surface area contributed by atoms with Gasteiger partial charge in [-0.15, -0.1) is 0 Å². The number of nitrogens with one attached hydrogen (secondary N) is 1. The third-order valence-corrected chi connectivity index (χ3v) is 5.73. The molecule has 0 radical (unpaired) electrons. The summed E-state index contributed by atoms with van der Waals surface area (Å²) in [6.07, 6.45) is -0.109. The van der Waals surface area contributed by atoms with Gasteiger partial charge in [0.2, 0.25) is 0 Å². The molecule has 2 amide bonds. The molecule has 1 atom stereocenters. The molecule has 6 nitrogen and oxygen atoms in total. The molecule has 0 fully saturated rings. The topological polar surface area (TPSA) is 67.9 Å². The van der Waals surface area contributed by atoms with E-state index in [0.717, 1.165) is 5.56 Å². The lowest BCUT2D eigenvalue weighted by Gasteiger charge is -2.30. The minimum atomic E-state index is -0.813. The lowest BCUT2D eigenvalue weighted by Crippen LogP contribution is -2.40. The van der Waals surface area contributed by atoms with Crippen molar-refractivity contribution < 1.29 is 19.1 Å². The molecule has 8 heteroatoms. The monoisotopic (exact) mass is 484 g/mol. The molecule has 0 spiro atoms. The van der Waals surface area contributed by atoms with Crippen LogP contribution >= 0.6 is 23.2 Å². The molecule has 3 aromatic rings. The molecule has 0 bridgehead atoms. The van der Waals surface area contributed by atoms with Gasteiger partial charge in [0.15, 0.2) is 12.7 Å². The zero-order chi connectivity index (χ0) is 23.4. The molecule has 3 aromatic carbocycles. The van der Waals surface area contributed by atoms with Gasteiger partial charge in [-0.3, -0.25) is 9.59 Å². The molecule has 1 aliphatic heterocycles. The number of carbonyl (C=O) groups is 2. The maximum Gasteiger partial charge on any atom is 0.265 e. The zero-order valence-corrected chi connectivity index (χ0v) is 19.4. The molecule has 1 heterocycles. The van der Waals surface area contributed by atoms with Crippen molar-refractivity contribution in [2.24, 2.45) is 0 Å². The number of halogens is 2. The summed E-state index contributed by atoms with van der Waals surface area (Å²) in [6.45, 7) is 2.11. The first-order chi connectivity index (χ1) is 15.9. The largest absolute Gasteiger partial charge is 0.482 e. The maximum absolute atomic E-state index is 12.7. The molecule has 0 saturated heterocycles. The van der Waals surface area contributed by atoms with Gasteiger partial charge in [0.05, 0.1) is 10.7 Å². The second-order valence-corrected chi connectivity index (χ2v) is 8.42. The second-order valence-electron chi connectivity index (χ2n) is 7.58. The van der Waals surface area contributed by atoms with E-state index in [1.807, 2.05) is 30.3 Å². The number of hydrogen-bond acceptors (Lipinski definition) is 4. The third kappa shape index (κ3) is 5.59. The fraction of sp³-hybridized carbons (Fsp3) is 0.200. The van der Waals surface area contributed by atoms with Crippen molar-refractivity contribution in [1.29, 1.82) is 0 Å². The van der Waals surface area contributed by atoms with Gasteiger partial charge in [0, 0.05) is 17.3 Å². The van der Waals surface area contributed by atoms with Crippen LogP contribution in [0.1, 0.15) is 12.5 Å². The minimum Gasteiger partial charge on any atom is -0.482 e. The van der Waals surface area contributed by atoms with Crippen LogP contribution in [0.5, 0.6) is 11.5 Å². The third-order valence-electron chi connectivity index (χ3n) is 5.20. The smallest absolute Gasteiger partial charge is 0.265 e. The fourth-order valence-electron chi connectivity index (χ4n) is 3.47. The van der Waals surface area contributed by atoms with Crippen LogP contribution in [0.15, 0.2) is 66.7 Å². The van der Waals surface area contributed by atoms with Gasteiger partial charge in [-0.1, -0.05) is 53.5 Å². The Morgan fingerprint density at radius 1 is 1.12 bits per heavy atom. The van der Waals surface area contributed by atoms with Crippen LogP contribution in [0.2, 0.25) is 10.0 Å². The van der Waals surface area contributed by atoms with E-state index in [1.54, 1.807) is 48.2 Å². The molecule has 170 valence electrons. The number of benzene rings is 3. The highest BCUT2D eigenvalue weighted by Crippen LogP contribution is 2.35. The van der Waals surface area contributed by atoms with Crippen LogP contribution in [0, 0.1) is 0 Å². The molecule has 0 aliphatic carbocycles. The Labute approximate surface area is 202 Å². The van der Waals surface area contributed by atoms with Crippen molar-refractivity contribution in [2.75, 3.05) is 23.4 Å². The summed E-state index contributed by atoms with van der Waals surface area (Å²) in [4.78, 5) is 26.9. The van der Waals surface area contributed by atoms with Gasteiger partial charge in [0.1, 0.15) is 11.5 Å². The SMILES string of the molecule is CC(Oc1ccc(Cl)cc1Cl)C(=O)Nc1ccc2c(c1)N(CCc1ccccc1)C(=O)CO2. The van der Waals surface area contributed by atoms with E-state index in [0.29, 0.717) is 45.9 Å². The van der Waals surface area contributed by atoms with E-state index in [-0.39, 0.29) is 18.4 Å². The van der Waals surface area contributed by atoms with Gasteiger partial charge >= 0.3 is 0 Å². The molecule has 0 aromatic heterocycles. The standard InChI is InChI=1S/C25H22Cl2N2O4/c1-16(33-22-9-7-18(26)13-20(22)27)25(31)28-19-8-10-23-21(14-19)29(24(30)15-32-23)12-11-17-5-3-2-4-6-17/h2-10,13-14,16H,11-12,15H2,1H3,(H,28,31). The van der Waals surface area contributed by atoms with Crippen molar-refractivity contribution in [2.45, 2.75) is 19.4 Å². The summed E-state index contributed by atoms with van der Waals surface area (Å²) < 4.78 is 11.3. The van der Waals surface area contributed by atoms with E-state index < -0.39 is 6.10 Å². The highest BCUT2D eigenvalue weighted by atomic mass is 35.5. The molecular formula is C25H22Cl2N2O4. The zero-order valence-electron chi connectivity index (χ0n) is 17.9. The number of nitrogens with zero attached hydrogens (tertiary/aromatic N) is 1. The fourth-order valence-corrected chi connectivity index (χ4v) is 3.92. The molecule has 0 saturated carbocycles. The van der Waals surface area contributed by atoms with Crippen molar-refractivity contribution >= 4 is 46.4 Å². The molecular weight excluding hydrogens is 463 g/mol. The summed E-state index contributed by atoms with van der Waals surface area (Å²) in [5, 5.41) is 3.62. The lowest BCUT2D eigenvalue weighted by molar-refractivity contribution is -0.122. The first-order valence-electron chi connectivity index (χ1n) is 10.4. The summed E-state index contributed by atoms with van der Waals surface area (Å²) in [7, 11) is 0. The van der Waals surface area contributed by atoms with Crippen molar-refractivity contribution in [3.63, 3.8) is 0 Å². The van der Waals surface area contributed by atoms with Crippen LogP contribution in [0.4, 0.5) is 11.4 Å². The Hall–Kier alpha value is -3.22. The molecule has 33 heavy (non-hydrogen) atoms. The van der Waals surface area contributed by atoms with Gasteiger partial charge in [-0.2, -0.15) is 0 Å². The Morgan fingerprint density at radius 3 is 2.67 bits per heavy atom. The van der Waals surface area contributed by atoms with Crippen LogP contribution in [0.25, 0.3) is 0 Å². The summed E-state index contributed by atoms with van der Waals surface area (Å²) >= 11 is 12.0. The summed E-state index contributed by atoms with van der Waals surface area (Å²) in [5.74, 6) is 0.467. The predicted molar refractivity (Wildman–Crippen MR) is 130 cm³/mol. The Kier molecular flexibility index (Phi) is 7.06. The number of carbonyl (C=O) groups excluding carboxylic acids is 2. The summed E-state index contributed by atoms with van der Waals surface area (Å²) in [5.41, 5.74) is 2.28. The lowest BCUT2D eigenvalue weighted by atomic mass is 10.1. The van der Waals surface area contributed by atoms with E-state index in [9.17, 15) is 9.59 Å². The number of amides is 2. The van der Waals surface area contributed by atoms with Gasteiger partial charge < -0.3 is 19.7 Å². The number of anilines is 2. The second kappa shape index (κ2) is 10.1. The first kappa shape index (κ1) is 23.0. The van der Waals surface area contributed by atoms with E-state index in [2.05, 4.69) is 5.32 Å². The number of hydrogen-bond donors (Lipinski definition) is 1. The normalized spacial score (nSPS) is 13.7. The van der Waals surface area contributed by atoms with Crippen LogP contribution in [-0.4, -0.2) is 31.1 Å². The average molecular weight is 485 g/mol. The van der Waals surface area contributed by atoms with E-state index in [1.165, 1.54) is 0 Å². The molecule has 4 rings (SSSR count). The number of fused-ring (bicyclic) bond motifs is 1. The van der Waals surface area contributed by atoms with Crippen molar-refractivity contribution in [1.82, 2.24) is 0 Å². The van der Waals surface area contributed by atoms with Gasteiger partial charge in [-0.05, 0) is 55.3 Å².